The van der Waals surface area contributed by atoms with Gasteiger partial charge in [-0.2, -0.15) is 5.10 Å². The lowest BCUT2D eigenvalue weighted by atomic mass is 10.3. The third-order valence-electron chi connectivity index (χ3n) is 2.63. The number of thioether (sulfide) groups is 1. The fourth-order valence-corrected chi connectivity index (χ4v) is 3.02. The first-order valence-electron chi connectivity index (χ1n) is 5.09. The van der Waals surface area contributed by atoms with Gasteiger partial charge in [-0.15, -0.1) is 11.8 Å². The van der Waals surface area contributed by atoms with Gasteiger partial charge in [0, 0.05) is 18.9 Å². The van der Waals surface area contributed by atoms with Gasteiger partial charge in [-0.25, -0.2) is 4.68 Å². The summed E-state index contributed by atoms with van der Waals surface area (Å²) < 4.78 is 6.70. The highest BCUT2D eigenvalue weighted by Gasteiger charge is 2.26. The minimum Gasteiger partial charge on any atom is -0.377 e. The molecule has 0 aliphatic carbocycles. The number of hydrogen-bond acceptors (Lipinski definition) is 4. The number of hydrogen-bond donors (Lipinski definition) is 0. The summed E-state index contributed by atoms with van der Waals surface area (Å²) in [5.74, 6) is 0. The van der Waals surface area contributed by atoms with Crippen LogP contribution >= 0.6 is 23.4 Å². The Bertz CT molecular complexity index is 449. The molecule has 1 aliphatic heterocycles. The van der Waals surface area contributed by atoms with Gasteiger partial charge in [0.15, 0.2) is 0 Å². The van der Waals surface area contributed by atoms with Crippen LogP contribution in [0.15, 0.2) is 15.9 Å². The van der Waals surface area contributed by atoms with E-state index in [1.807, 2.05) is 6.92 Å². The van der Waals surface area contributed by atoms with Crippen LogP contribution in [0, 0.1) is 0 Å². The standard InChI is InChI=1S/C10H13ClN2O2S/c1-6-7(3-4-15-6)16-8-5-12-13(2)10(14)9(8)11/h5-7H,3-4H2,1-2H3/t6-,7+/m0/s1. The zero-order chi connectivity index (χ0) is 11.7. The van der Waals surface area contributed by atoms with E-state index >= 15 is 0 Å². The minimum atomic E-state index is -0.252. The SMILES string of the molecule is C[C@@H]1OCC[C@H]1Sc1cnn(C)c(=O)c1Cl. The van der Waals surface area contributed by atoms with E-state index in [9.17, 15) is 4.79 Å². The third kappa shape index (κ3) is 2.26. The van der Waals surface area contributed by atoms with Crippen LogP contribution in [0.1, 0.15) is 13.3 Å². The lowest BCUT2D eigenvalue weighted by Gasteiger charge is -2.13. The Morgan fingerprint density at radius 2 is 2.44 bits per heavy atom. The number of ether oxygens (including phenoxy) is 1. The van der Waals surface area contributed by atoms with Crippen molar-refractivity contribution in [2.45, 2.75) is 29.6 Å². The number of rotatable bonds is 2. The molecule has 4 nitrogen and oxygen atoms in total. The van der Waals surface area contributed by atoms with Crippen molar-refractivity contribution in [3.05, 3.63) is 21.6 Å². The van der Waals surface area contributed by atoms with E-state index in [2.05, 4.69) is 5.10 Å². The van der Waals surface area contributed by atoms with Crippen molar-refractivity contribution < 1.29 is 4.74 Å². The van der Waals surface area contributed by atoms with Crippen LogP contribution in [0.2, 0.25) is 5.02 Å². The highest BCUT2D eigenvalue weighted by molar-refractivity contribution is 8.00. The van der Waals surface area contributed by atoms with E-state index in [4.69, 9.17) is 16.3 Å². The molecule has 0 saturated carbocycles. The van der Waals surface area contributed by atoms with Crippen LogP contribution < -0.4 is 5.56 Å². The molecule has 0 N–H and O–H groups in total. The zero-order valence-corrected chi connectivity index (χ0v) is 10.7. The number of halogens is 1. The summed E-state index contributed by atoms with van der Waals surface area (Å²) in [5, 5.41) is 4.57. The molecule has 2 atom stereocenters. The van der Waals surface area contributed by atoms with E-state index in [1.54, 1.807) is 25.0 Å². The van der Waals surface area contributed by atoms with Crippen molar-refractivity contribution in [1.82, 2.24) is 9.78 Å². The topological polar surface area (TPSA) is 44.1 Å². The second kappa shape index (κ2) is 4.77. The van der Waals surface area contributed by atoms with Gasteiger partial charge in [0.05, 0.1) is 17.2 Å². The second-order valence-electron chi connectivity index (χ2n) is 3.77. The van der Waals surface area contributed by atoms with E-state index in [0.717, 1.165) is 17.9 Å². The zero-order valence-electron chi connectivity index (χ0n) is 9.14. The molecule has 1 aromatic rings. The highest BCUT2D eigenvalue weighted by Crippen LogP contribution is 2.34. The van der Waals surface area contributed by atoms with Crippen LogP contribution in [0.25, 0.3) is 0 Å². The van der Waals surface area contributed by atoms with Crippen molar-refractivity contribution in [2.24, 2.45) is 7.05 Å². The van der Waals surface area contributed by atoms with Gasteiger partial charge in [0.25, 0.3) is 5.56 Å². The molecule has 88 valence electrons. The Labute approximate surface area is 103 Å². The van der Waals surface area contributed by atoms with Crippen LogP contribution in [0.3, 0.4) is 0 Å². The second-order valence-corrected chi connectivity index (χ2v) is 5.43. The summed E-state index contributed by atoms with van der Waals surface area (Å²) in [6.07, 6.45) is 2.82. The number of aromatic nitrogens is 2. The molecule has 0 spiro atoms. The molecule has 0 amide bonds. The predicted molar refractivity (Wildman–Crippen MR) is 64.2 cm³/mol. The predicted octanol–water partition coefficient (Wildman–Crippen LogP) is 1.70. The van der Waals surface area contributed by atoms with Crippen molar-refractivity contribution in [1.29, 1.82) is 0 Å². The first-order chi connectivity index (χ1) is 7.59. The molecular formula is C10H13ClN2O2S. The average Bonchev–Trinajstić information content (AvgIpc) is 2.65. The fraction of sp³-hybridized carbons (Fsp3) is 0.600. The molecule has 1 saturated heterocycles. The van der Waals surface area contributed by atoms with Crippen LogP contribution in [-0.4, -0.2) is 27.7 Å². The summed E-state index contributed by atoms with van der Waals surface area (Å²) in [6.45, 7) is 2.81. The molecule has 0 aromatic carbocycles. The van der Waals surface area contributed by atoms with Crippen molar-refractivity contribution in [2.75, 3.05) is 6.61 Å². The normalized spacial score (nSPS) is 24.9. The van der Waals surface area contributed by atoms with E-state index in [1.165, 1.54) is 4.68 Å². The van der Waals surface area contributed by atoms with E-state index in [0.29, 0.717) is 5.25 Å². The van der Waals surface area contributed by atoms with Crippen molar-refractivity contribution >= 4 is 23.4 Å². The molecule has 2 heterocycles. The summed E-state index contributed by atoms with van der Waals surface area (Å²) in [7, 11) is 1.59. The molecule has 0 unspecified atom stereocenters. The number of aryl methyl sites for hydroxylation is 1. The van der Waals surface area contributed by atoms with Gasteiger partial charge in [-0.1, -0.05) is 11.6 Å². The molecule has 1 aromatic heterocycles. The minimum absolute atomic E-state index is 0.199. The first kappa shape index (κ1) is 12.0. The molecule has 1 aliphatic rings. The summed E-state index contributed by atoms with van der Waals surface area (Å²) >= 11 is 7.57. The maximum Gasteiger partial charge on any atom is 0.286 e. The Kier molecular flexibility index (Phi) is 3.56. The highest BCUT2D eigenvalue weighted by atomic mass is 35.5. The van der Waals surface area contributed by atoms with Crippen molar-refractivity contribution in [3.8, 4) is 0 Å². The van der Waals surface area contributed by atoms with Gasteiger partial charge >= 0.3 is 0 Å². The fourth-order valence-electron chi connectivity index (χ4n) is 1.61. The molecule has 1 fully saturated rings. The lowest BCUT2D eigenvalue weighted by molar-refractivity contribution is 0.127. The van der Waals surface area contributed by atoms with E-state index in [-0.39, 0.29) is 16.7 Å². The van der Waals surface area contributed by atoms with Crippen LogP contribution in [0.5, 0.6) is 0 Å². The van der Waals surface area contributed by atoms with Crippen LogP contribution in [0.4, 0.5) is 0 Å². The van der Waals surface area contributed by atoms with Crippen molar-refractivity contribution in [3.63, 3.8) is 0 Å². The molecule has 0 radical (unpaired) electrons. The Morgan fingerprint density at radius 3 is 3.06 bits per heavy atom. The first-order valence-corrected chi connectivity index (χ1v) is 6.35. The third-order valence-corrected chi connectivity index (χ3v) is 4.59. The maximum atomic E-state index is 11.6. The average molecular weight is 261 g/mol. The molecule has 2 rings (SSSR count). The Morgan fingerprint density at radius 1 is 1.69 bits per heavy atom. The number of nitrogens with zero attached hydrogens (tertiary/aromatic N) is 2. The van der Waals surface area contributed by atoms with Gasteiger partial charge in [-0.05, 0) is 13.3 Å². The van der Waals surface area contributed by atoms with Gasteiger partial charge in [-0.3, -0.25) is 4.79 Å². The molecule has 16 heavy (non-hydrogen) atoms. The summed E-state index contributed by atoms with van der Waals surface area (Å²) in [4.78, 5) is 12.3. The monoisotopic (exact) mass is 260 g/mol. The van der Waals surface area contributed by atoms with Gasteiger partial charge in [0.2, 0.25) is 0 Å². The quantitative estimate of drug-likeness (QED) is 0.812. The van der Waals surface area contributed by atoms with Gasteiger partial charge in [0.1, 0.15) is 5.02 Å². The molecule has 6 heteroatoms. The molecule has 0 bridgehead atoms. The summed E-state index contributed by atoms with van der Waals surface area (Å²) in [6, 6.07) is 0. The Hall–Kier alpha value is -0.520. The van der Waals surface area contributed by atoms with Gasteiger partial charge < -0.3 is 4.74 Å². The smallest absolute Gasteiger partial charge is 0.286 e. The molecular weight excluding hydrogens is 248 g/mol. The lowest BCUT2D eigenvalue weighted by Crippen LogP contribution is -2.21. The Balaban J connectivity index is 2.22. The largest absolute Gasteiger partial charge is 0.377 e. The van der Waals surface area contributed by atoms with E-state index < -0.39 is 0 Å². The maximum absolute atomic E-state index is 11.6. The summed E-state index contributed by atoms with van der Waals surface area (Å²) in [5.41, 5.74) is -0.252. The van der Waals surface area contributed by atoms with Crippen LogP contribution in [-0.2, 0) is 11.8 Å².